The zero-order chi connectivity index (χ0) is 16.0. The molecular weight excluding hydrogens is 391 g/mol. The van der Waals surface area contributed by atoms with Crippen molar-refractivity contribution >= 4 is 22.6 Å². The lowest BCUT2D eigenvalue weighted by Gasteiger charge is -2.23. The molecule has 4 heteroatoms. The first-order valence-corrected chi connectivity index (χ1v) is 9.61. The van der Waals surface area contributed by atoms with Crippen LogP contribution >= 0.6 is 22.6 Å². The highest BCUT2D eigenvalue weighted by Crippen LogP contribution is 2.37. The van der Waals surface area contributed by atoms with Crippen molar-refractivity contribution in [3.63, 3.8) is 0 Å². The Bertz CT molecular complexity index is 448. The van der Waals surface area contributed by atoms with Crippen LogP contribution in [0.1, 0.15) is 45.1 Å². The second-order valence-corrected chi connectivity index (χ2v) is 7.31. The normalized spacial score (nSPS) is 28.0. The van der Waals surface area contributed by atoms with Crippen LogP contribution in [0.3, 0.4) is 0 Å². The number of ether oxygens (including phenoxy) is 3. The molecule has 1 heterocycles. The molecule has 1 saturated heterocycles. The van der Waals surface area contributed by atoms with Gasteiger partial charge in [-0.15, -0.1) is 0 Å². The Morgan fingerprint density at radius 1 is 1.32 bits per heavy atom. The van der Waals surface area contributed by atoms with Crippen LogP contribution in [0.2, 0.25) is 0 Å². The van der Waals surface area contributed by atoms with Crippen molar-refractivity contribution in [2.75, 3.05) is 11.5 Å². The maximum Gasteiger partial charge on any atom is 0.118 e. The van der Waals surface area contributed by atoms with Gasteiger partial charge in [0.25, 0.3) is 0 Å². The number of alkyl halides is 1. The van der Waals surface area contributed by atoms with Gasteiger partial charge in [-0.3, -0.25) is 0 Å². The lowest BCUT2D eigenvalue weighted by molar-refractivity contribution is -0.0605. The molecule has 1 fully saturated rings. The smallest absolute Gasteiger partial charge is 0.118 e. The Morgan fingerprint density at radius 3 is 2.64 bits per heavy atom. The van der Waals surface area contributed by atoms with Crippen LogP contribution in [0.15, 0.2) is 24.3 Å². The highest BCUT2D eigenvalue weighted by Gasteiger charge is 2.42. The SMILES string of the molecule is CCC[C@]1(C)C[C@@H](OCc2ccc(OC)cc2)[C@H](CCI)O1. The van der Waals surface area contributed by atoms with E-state index in [4.69, 9.17) is 14.2 Å². The van der Waals surface area contributed by atoms with E-state index in [1.165, 1.54) is 5.56 Å². The highest BCUT2D eigenvalue weighted by atomic mass is 127. The van der Waals surface area contributed by atoms with E-state index < -0.39 is 0 Å². The van der Waals surface area contributed by atoms with Gasteiger partial charge in [-0.05, 0) is 37.5 Å². The van der Waals surface area contributed by atoms with E-state index in [-0.39, 0.29) is 17.8 Å². The van der Waals surface area contributed by atoms with E-state index in [1.54, 1.807) is 7.11 Å². The quantitative estimate of drug-likeness (QED) is 0.451. The molecule has 2 rings (SSSR count). The second-order valence-electron chi connectivity index (χ2n) is 6.24. The molecule has 124 valence electrons. The van der Waals surface area contributed by atoms with Crippen molar-refractivity contribution < 1.29 is 14.2 Å². The Labute approximate surface area is 147 Å². The van der Waals surface area contributed by atoms with Gasteiger partial charge in [0.15, 0.2) is 0 Å². The van der Waals surface area contributed by atoms with Gasteiger partial charge >= 0.3 is 0 Å². The third kappa shape index (κ3) is 4.83. The molecule has 22 heavy (non-hydrogen) atoms. The third-order valence-corrected chi connectivity index (χ3v) is 4.90. The van der Waals surface area contributed by atoms with Gasteiger partial charge in [0.2, 0.25) is 0 Å². The summed E-state index contributed by atoms with van der Waals surface area (Å²) in [5.74, 6) is 0.881. The van der Waals surface area contributed by atoms with Gasteiger partial charge in [-0.25, -0.2) is 0 Å². The van der Waals surface area contributed by atoms with Crippen LogP contribution in [-0.2, 0) is 16.1 Å². The third-order valence-electron chi connectivity index (χ3n) is 4.28. The molecule has 0 aliphatic carbocycles. The monoisotopic (exact) mass is 418 g/mol. The first kappa shape index (κ1) is 18.0. The number of methoxy groups -OCH3 is 1. The molecule has 3 atom stereocenters. The van der Waals surface area contributed by atoms with Crippen LogP contribution in [0.25, 0.3) is 0 Å². The first-order chi connectivity index (χ1) is 10.6. The van der Waals surface area contributed by atoms with Crippen LogP contribution in [-0.4, -0.2) is 29.3 Å². The molecule has 0 N–H and O–H groups in total. The topological polar surface area (TPSA) is 27.7 Å². The van der Waals surface area contributed by atoms with Gasteiger partial charge in [-0.1, -0.05) is 48.1 Å². The molecule has 1 aromatic carbocycles. The van der Waals surface area contributed by atoms with Crippen molar-refractivity contribution in [3.05, 3.63) is 29.8 Å². The molecule has 0 bridgehead atoms. The zero-order valence-electron chi connectivity index (χ0n) is 13.8. The maximum atomic E-state index is 6.32. The summed E-state index contributed by atoms with van der Waals surface area (Å²) in [6.07, 6.45) is 4.75. The van der Waals surface area contributed by atoms with E-state index in [0.717, 1.165) is 35.9 Å². The van der Waals surface area contributed by atoms with Gasteiger partial charge in [-0.2, -0.15) is 0 Å². The molecular formula is C18H27IO3. The molecule has 0 radical (unpaired) electrons. The fourth-order valence-electron chi connectivity index (χ4n) is 3.18. The fraction of sp³-hybridized carbons (Fsp3) is 0.667. The molecule has 0 amide bonds. The molecule has 1 aliphatic rings. The first-order valence-electron chi connectivity index (χ1n) is 8.08. The summed E-state index contributed by atoms with van der Waals surface area (Å²) >= 11 is 2.42. The largest absolute Gasteiger partial charge is 0.497 e. The Balaban J connectivity index is 1.93. The molecule has 3 nitrogen and oxygen atoms in total. The van der Waals surface area contributed by atoms with E-state index in [0.29, 0.717) is 6.61 Å². The summed E-state index contributed by atoms with van der Waals surface area (Å²) < 4.78 is 18.8. The molecule has 0 unspecified atom stereocenters. The number of hydrogen-bond acceptors (Lipinski definition) is 3. The van der Waals surface area contributed by atoms with Crippen molar-refractivity contribution in [1.29, 1.82) is 0 Å². The van der Waals surface area contributed by atoms with Crippen molar-refractivity contribution in [2.45, 2.75) is 63.9 Å². The summed E-state index contributed by atoms with van der Waals surface area (Å²) in [5, 5.41) is 0. The van der Waals surface area contributed by atoms with Gasteiger partial charge < -0.3 is 14.2 Å². The van der Waals surface area contributed by atoms with Gasteiger partial charge in [0.05, 0.1) is 31.5 Å². The van der Waals surface area contributed by atoms with E-state index >= 15 is 0 Å². The number of hydrogen-bond donors (Lipinski definition) is 0. The minimum atomic E-state index is -0.0181. The predicted octanol–water partition coefficient (Wildman–Crippen LogP) is 4.75. The van der Waals surface area contributed by atoms with Crippen molar-refractivity contribution in [1.82, 2.24) is 0 Å². The van der Waals surface area contributed by atoms with E-state index in [1.807, 2.05) is 12.1 Å². The Hall–Kier alpha value is -0.330. The molecule has 0 saturated carbocycles. The predicted molar refractivity (Wildman–Crippen MR) is 97.9 cm³/mol. The minimum absolute atomic E-state index is 0.0181. The number of rotatable bonds is 8. The van der Waals surface area contributed by atoms with E-state index in [2.05, 4.69) is 48.6 Å². The average molecular weight is 418 g/mol. The summed E-state index contributed by atoms with van der Waals surface area (Å²) in [7, 11) is 1.69. The van der Waals surface area contributed by atoms with Crippen LogP contribution in [0.4, 0.5) is 0 Å². The summed E-state index contributed by atoms with van der Waals surface area (Å²) in [6.45, 7) is 5.08. The molecule has 0 spiro atoms. The summed E-state index contributed by atoms with van der Waals surface area (Å²) in [5.41, 5.74) is 1.16. The summed E-state index contributed by atoms with van der Waals surface area (Å²) in [4.78, 5) is 0. The van der Waals surface area contributed by atoms with Crippen molar-refractivity contribution in [3.8, 4) is 5.75 Å². The van der Waals surface area contributed by atoms with Gasteiger partial charge in [0.1, 0.15) is 5.75 Å². The molecule has 1 aromatic rings. The molecule has 1 aliphatic heterocycles. The van der Waals surface area contributed by atoms with Gasteiger partial charge in [0, 0.05) is 10.8 Å². The number of benzene rings is 1. The highest BCUT2D eigenvalue weighted by molar-refractivity contribution is 14.1. The summed E-state index contributed by atoms with van der Waals surface area (Å²) in [6, 6.07) is 8.08. The van der Waals surface area contributed by atoms with Crippen LogP contribution in [0.5, 0.6) is 5.75 Å². The minimum Gasteiger partial charge on any atom is -0.497 e. The number of halogens is 1. The Morgan fingerprint density at radius 2 is 2.05 bits per heavy atom. The van der Waals surface area contributed by atoms with Crippen LogP contribution in [0, 0.1) is 0 Å². The lowest BCUT2D eigenvalue weighted by atomic mass is 9.95. The zero-order valence-corrected chi connectivity index (χ0v) is 16.0. The maximum absolute atomic E-state index is 6.32. The van der Waals surface area contributed by atoms with Crippen LogP contribution < -0.4 is 4.74 Å². The van der Waals surface area contributed by atoms with Crippen molar-refractivity contribution in [2.24, 2.45) is 0 Å². The average Bonchev–Trinajstić information content (AvgIpc) is 2.82. The fourth-order valence-corrected chi connectivity index (χ4v) is 3.79. The lowest BCUT2D eigenvalue weighted by Crippen LogP contribution is -2.25. The van der Waals surface area contributed by atoms with E-state index in [9.17, 15) is 0 Å². The second kappa shape index (κ2) is 8.50. The molecule has 0 aromatic heterocycles. The standard InChI is InChI=1S/C18H27IO3/c1-4-10-18(2)12-17(16(22-18)9-11-19)21-13-14-5-7-15(20-3)8-6-14/h5-8,16-17H,4,9-13H2,1-3H3/t16-,17+,18+/m0/s1. The Kier molecular flexibility index (Phi) is 6.96.